The molecule has 2 aromatic rings. The highest BCUT2D eigenvalue weighted by molar-refractivity contribution is 5.65. The highest BCUT2D eigenvalue weighted by Crippen LogP contribution is 2.37. The fraction of sp³-hybridized carbons (Fsp3) is 0.412. The van der Waals surface area contributed by atoms with Gasteiger partial charge in [0.25, 0.3) is 0 Å². The molecule has 0 spiro atoms. The molecule has 108 valence electrons. The van der Waals surface area contributed by atoms with Crippen LogP contribution in [0.2, 0.25) is 0 Å². The Morgan fingerprint density at radius 3 is 2.76 bits per heavy atom. The van der Waals surface area contributed by atoms with Gasteiger partial charge in [0.2, 0.25) is 0 Å². The molecule has 0 aliphatic carbocycles. The zero-order valence-corrected chi connectivity index (χ0v) is 12.1. The Bertz CT molecular complexity index is 681. The molecule has 0 saturated carbocycles. The predicted octanol–water partition coefficient (Wildman–Crippen LogP) is 3.33. The molecule has 1 aromatic carbocycles. The van der Waals surface area contributed by atoms with E-state index in [4.69, 9.17) is 4.98 Å². The van der Waals surface area contributed by atoms with E-state index in [9.17, 15) is 4.39 Å². The zero-order valence-electron chi connectivity index (χ0n) is 12.1. The van der Waals surface area contributed by atoms with Crippen LogP contribution in [-0.2, 0) is 6.42 Å². The van der Waals surface area contributed by atoms with Crippen LogP contribution < -0.4 is 5.32 Å². The van der Waals surface area contributed by atoms with Crippen LogP contribution >= 0.6 is 0 Å². The van der Waals surface area contributed by atoms with Crippen molar-refractivity contribution < 1.29 is 4.39 Å². The van der Waals surface area contributed by atoms with Gasteiger partial charge in [0.05, 0.1) is 17.4 Å². The molecule has 4 heteroatoms. The van der Waals surface area contributed by atoms with Crippen molar-refractivity contribution in [3.8, 4) is 11.3 Å². The number of hydrogen-bond acceptors (Lipinski definition) is 3. The monoisotopic (exact) mass is 283 g/mol. The molecule has 0 radical (unpaired) electrons. The van der Waals surface area contributed by atoms with E-state index in [-0.39, 0.29) is 5.82 Å². The Hall–Kier alpha value is -1.81. The molecule has 4 rings (SSSR count). The number of halogens is 1. The standard InChI is InChI=1S/C17H18FN3/c1-10-19-16(11-5-7-12(18)8-6-11)14-9-13-3-2-4-15(21-13)17(14)20-10/h5-8,13,15,21H,2-4,9H2,1H3/t13-,15+/m1/s1. The number of fused-ring (bicyclic) bond motifs is 4. The zero-order chi connectivity index (χ0) is 14.4. The van der Waals surface area contributed by atoms with Gasteiger partial charge in [0, 0.05) is 17.2 Å². The van der Waals surface area contributed by atoms with E-state index in [1.54, 1.807) is 0 Å². The summed E-state index contributed by atoms with van der Waals surface area (Å²) in [6.45, 7) is 1.93. The highest BCUT2D eigenvalue weighted by atomic mass is 19.1. The number of hydrogen-bond donors (Lipinski definition) is 1. The SMILES string of the molecule is Cc1nc(-c2ccc(F)cc2)c2c(n1)[C@@H]1CCC[C@H](C2)N1. The third-order valence-corrected chi connectivity index (χ3v) is 4.53. The van der Waals surface area contributed by atoms with Crippen LogP contribution in [0.5, 0.6) is 0 Å². The van der Waals surface area contributed by atoms with Gasteiger partial charge in [-0.2, -0.15) is 0 Å². The van der Waals surface area contributed by atoms with Crippen molar-refractivity contribution in [3.05, 3.63) is 47.2 Å². The normalized spacial score (nSPS) is 23.7. The molecule has 2 atom stereocenters. The first-order chi connectivity index (χ1) is 10.2. The number of aryl methyl sites for hydroxylation is 1. The minimum atomic E-state index is -0.211. The van der Waals surface area contributed by atoms with Gasteiger partial charge in [-0.1, -0.05) is 0 Å². The summed E-state index contributed by atoms with van der Waals surface area (Å²) in [5.74, 6) is 0.579. The number of benzene rings is 1. The van der Waals surface area contributed by atoms with Crippen LogP contribution in [-0.4, -0.2) is 16.0 Å². The molecule has 1 N–H and O–H groups in total. The van der Waals surface area contributed by atoms with E-state index in [2.05, 4.69) is 10.3 Å². The van der Waals surface area contributed by atoms with E-state index in [1.165, 1.54) is 30.5 Å². The summed E-state index contributed by atoms with van der Waals surface area (Å²) < 4.78 is 13.2. The first-order valence-electron chi connectivity index (χ1n) is 7.60. The second-order valence-corrected chi connectivity index (χ2v) is 6.04. The summed E-state index contributed by atoms with van der Waals surface area (Å²) in [5.41, 5.74) is 4.37. The van der Waals surface area contributed by atoms with Crippen molar-refractivity contribution in [2.24, 2.45) is 0 Å². The molecule has 1 saturated heterocycles. The predicted molar refractivity (Wildman–Crippen MR) is 79.4 cm³/mol. The molecule has 3 heterocycles. The van der Waals surface area contributed by atoms with Crippen LogP contribution in [0, 0.1) is 12.7 Å². The maximum Gasteiger partial charge on any atom is 0.126 e. The van der Waals surface area contributed by atoms with Crippen molar-refractivity contribution in [1.29, 1.82) is 0 Å². The summed E-state index contributed by atoms with van der Waals surface area (Å²) >= 11 is 0. The van der Waals surface area contributed by atoms with Crippen LogP contribution in [0.3, 0.4) is 0 Å². The number of aromatic nitrogens is 2. The van der Waals surface area contributed by atoms with E-state index in [0.29, 0.717) is 12.1 Å². The van der Waals surface area contributed by atoms with E-state index >= 15 is 0 Å². The van der Waals surface area contributed by atoms with Crippen LogP contribution in [0.15, 0.2) is 24.3 Å². The van der Waals surface area contributed by atoms with Gasteiger partial charge in [-0.05, 0) is 56.9 Å². The Labute approximate surface area is 123 Å². The highest BCUT2D eigenvalue weighted by Gasteiger charge is 2.33. The van der Waals surface area contributed by atoms with E-state index in [1.807, 2.05) is 19.1 Å². The minimum Gasteiger partial charge on any atom is -0.305 e. The number of rotatable bonds is 1. The second kappa shape index (κ2) is 4.88. The van der Waals surface area contributed by atoms with Gasteiger partial charge in [-0.15, -0.1) is 0 Å². The van der Waals surface area contributed by atoms with Gasteiger partial charge in [-0.25, -0.2) is 14.4 Å². The van der Waals surface area contributed by atoms with E-state index in [0.717, 1.165) is 35.6 Å². The molecule has 2 aliphatic rings. The average molecular weight is 283 g/mol. The topological polar surface area (TPSA) is 37.8 Å². The first kappa shape index (κ1) is 12.9. The number of nitrogens with zero attached hydrogens (tertiary/aromatic N) is 2. The molecule has 1 aromatic heterocycles. The van der Waals surface area contributed by atoms with Crippen molar-refractivity contribution in [3.63, 3.8) is 0 Å². The van der Waals surface area contributed by atoms with Crippen LogP contribution in [0.1, 0.15) is 42.4 Å². The lowest BCUT2D eigenvalue weighted by Gasteiger charge is -2.37. The maximum atomic E-state index is 13.2. The lowest BCUT2D eigenvalue weighted by molar-refractivity contribution is 0.296. The van der Waals surface area contributed by atoms with Crippen molar-refractivity contribution in [2.75, 3.05) is 0 Å². The third kappa shape index (κ3) is 2.23. The van der Waals surface area contributed by atoms with Gasteiger partial charge < -0.3 is 5.32 Å². The van der Waals surface area contributed by atoms with Gasteiger partial charge in [-0.3, -0.25) is 0 Å². The molecule has 0 amide bonds. The summed E-state index contributed by atoms with van der Waals surface area (Å²) in [4.78, 5) is 9.34. The van der Waals surface area contributed by atoms with E-state index < -0.39 is 0 Å². The largest absolute Gasteiger partial charge is 0.305 e. The van der Waals surface area contributed by atoms with Crippen LogP contribution in [0.4, 0.5) is 4.39 Å². The van der Waals surface area contributed by atoms with Crippen molar-refractivity contribution in [2.45, 2.75) is 44.7 Å². The van der Waals surface area contributed by atoms with Crippen LogP contribution in [0.25, 0.3) is 11.3 Å². The molecular formula is C17H18FN3. The average Bonchev–Trinajstić information content (AvgIpc) is 2.49. The summed E-state index contributed by atoms with van der Waals surface area (Å²) in [6.07, 6.45) is 4.59. The summed E-state index contributed by atoms with van der Waals surface area (Å²) in [7, 11) is 0. The lowest BCUT2D eigenvalue weighted by atomic mass is 9.83. The Balaban J connectivity index is 1.88. The molecular weight excluding hydrogens is 265 g/mol. The molecule has 0 unspecified atom stereocenters. The fourth-order valence-corrected chi connectivity index (χ4v) is 3.60. The molecule has 2 bridgehead atoms. The fourth-order valence-electron chi connectivity index (χ4n) is 3.60. The van der Waals surface area contributed by atoms with Gasteiger partial charge in [0.15, 0.2) is 0 Å². The molecule has 21 heavy (non-hydrogen) atoms. The second-order valence-electron chi connectivity index (χ2n) is 6.04. The number of piperidine rings is 1. The smallest absolute Gasteiger partial charge is 0.126 e. The third-order valence-electron chi connectivity index (χ3n) is 4.53. The Morgan fingerprint density at radius 2 is 1.95 bits per heavy atom. The summed E-state index contributed by atoms with van der Waals surface area (Å²) in [6, 6.07) is 7.52. The van der Waals surface area contributed by atoms with Crippen molar-refractivity contribution in [1.82, 2.24) is 15.3 Å². The quantitative estimate of drug-likeness (QED) is 0.872. The maximum absolute atomic E-state index is 13.2. The van der Waals surface area contributed by atoms with Gasteiger partial charge >= 0.3 is 0 Å². The Morgan fingerprint density at radius 1 is 1.14 bits per heavy atom. The van der Waals surface area contributed by atoms with Crippen molar-refractivity contribution >= 4 is 0 Å². The number of nitrogens with one attached hydrogen (secondary N) is 1. The van der Waals surface area contributed by atoms with Gasteiger partial charge in [0.1, 0.15) is 11.6 Å². The molecule has 2 aliphatic heterocycles. The molecule has 1 fully saturated rings. The lowest BCUT2D eigenvalue weighted by Crippen LogP contribution is -2.43. The minimum absolute atomic E-state index is 0.211. The molecule has 3 nitrogen and oxygen atoms in total. The summed E-state index contributed by atoms with van der Waals surface area (Å²) in [5, 5.41) is 3.67. The first-order valence-corrected chi connectivity index (χ1v) is 7.60. The Kier molecular flexibility index (Phi) is 3.00.